The molecule has 164 valence electrons. The monoisotopic (exact) mass is 434 g/mol. The first-order valence-electron chi connectivity index (χ1n) is 11.7. The molecule has 1 aliphatic carbocycles. The van der Waals surface area contributed by atoms with Crippen LogP contribution in [0.2, 0.25) is 0 Å². The lowest BCUT2D eigenvalue weighted by Gasteiger charge is -2.54. The molecule has 0 unspecified atom stereocenters. The fraction of sp³-hybridized carbons (Fsp3) is 0.241. The number of carbonyl (C=O) groups excluding carboxylic acids is 2. The molecule has 6 rings (SSSR count). The molecular formula is C29H26N2O2. The number of nitrogens with zero attached hydrogens (tertiary/aromatic N) is 2. The highest BCUT2D eigenvalue weighted by atomic mass is 16.2. The lowest BCUT2D eigenvalue weighted by molar-refractivity contribution is -0.123. The first-order valence-corrected chi connectivity index (χ1v) is 11.7. The largest absolute Gasteiger partial charge is 0.364 e. The van der Waals surface area contributed by atoms with E-state index >= 15 is 0 Å². The van der Waals surface area contributed by atoms with Crippen LogP contribution in [0.1, 0.15) is 18.0 Å². The van der Waals surface area contributed by atoms with E-state index in [9.17, 15) is 9.59 Å². The van der Waals surface area contributed by atoms with Crippen molar-refractivity contribution in [3.05, 3.63) is 109 Å². The van der Waals surface area contributed by atoms with Crippen LogP contribution in [0.3, 0.4) is 0 Å². The van der Waals surface area contributed by atoms with E-state index in [4.69, 9.17) is 0 Å². The molecule has 3 aromatic carbocycles. The van der Waals surface area contributed by atoms with Crippen molar-refractivity contribution in [3.8, 4) is 0 Å². The molecule has 2 heterocycles. The van der Waals surface area contributed by atoms with Crippen LogP contribution in [0, 0.1) is 23.7 Å². The number of carbonyl (C=O) groups is 2. The average Bonchev–Trinajstić information content (AvgIpc) is 3.11. The molecule has 33 heavy (non-hydrogen) atoms. The van der Waals surface area contributed by atoms with Gasteiger partial charge in [-0.1, -0.05) is 78.9 Å². The van der Waals surface area contributed by atoms with E-state index in [1.54, 1.807) is 0 Å². The van der Waals surface area contributed by atoms with Gasteiger partial charge in [0.05, 0.1) is 23.6 Å². The second-order valence-corrected chi connectivity index (χ2v) is 9.23. The maximum atomic E-state index is 13.7. The minimum atomic E-state index is -0.295. The van der Waals surface area contributed by atoms with Crippen LogP contribution >= 0.6 is 0 Å². The highest BCUT2D eigenvalue weighted by Gasteiger charge is 2.56. The topological polar surface area (TPSA) is 40.6 Å². The van der Waals surface area contributed by atoms with Crippen LogP contribution in [0.15, 0.2) is 103 Å². The van der Waals surface area contributed by atoms with Crippen LogP contribution in [0.5, 0.6) is 0 Å². The average molecular weight is 435 g/mol. The van der Waals surface area contributed by atoms with Crippen molar-refractivity contribution in [2.24, 2.45) is 23.7 Å². The van der Waals surface area contributed by atoms with E-state index < -0.39 is 0 Å². The molecule has 4 heteroatoms. The second-order valence-electron chi connectivity index (χ2n) is 9.23. The van der Waals surface area contributed by atoms with Gasteiger partial charge in [-0.2, -0.15) is 0 Å². The van der Waals surface area contributed by atoms with E-state index in [1.807, 2.05) is 42.5 Å². The second kappa shape index (κ2) is 8.04. The third kappa shape index (κ3) is 3.20. The van der Waals surface area contributed by atoms with Gasteiger partial charge in [-0.3, -0.25) is 14.5 Å². The van der Waals surface area contributed by atoms with Gasteiger partial charge in [0.1, 0.15) is 0 Å². The number of para-hydroxylation sites is 2. The summed E-state index contributed by atoms with van der Waals surface area (Å²) in [6.45, 7) is 0.870. The lowest BCUT2D eigenvalue weighted by Crippen LogP contribution is -2.55. The van der Waals surface area contributed by atoms with E-state index in [2.05, 4.69) is 65.6 Å². The molecule has 3 aliphatic rings. The summed E-state index contributed by atoms with van der Waals surface area (Å²) in [4.78, 5) is 30.8. The smallest absolute Gasteiger partial charge is 0.238 e. The Morgan fingerprint density at radius 2 is 1.30 bits per heavy atom. The summed E-state index contributed by atoms with van der Waals surface area (Å²) in [6, 6.07) is 30.5. The molecule has 4 nitrogen and oxygen atoms in total. The van der Waals surface area contributed by atoms with E-state index in [1.165, 1.54) is 16.2 Å². The number of anilines is 2. The Kier molecular flexibility index (Phi) is 4.87. The SMILES string of the molecule is O=C1[C@H]2[C@H]([C@@H]3CN(c4ccccc4)[C@H]3c3ccccc3)C=CC[C@H]2C(=O)N1c1ccccc1. The molecule has 0 spiro atoms. The highest BCUT2D eigenvalue weighted by Crippen LogP contribution is 2.52. The lowest BCUT2D eigenvalue weighted by atomic mass is 9.65. The Bertz CT molecular complexity index is 1190. The van der Waals surface area contributed by atoms with Gasteiger partial charge in [-0.05, 0) is 42.2 Å². The van der Waals surface area contributed by atoms with Crippen LogP contribution in [0.25, 0.3) is 0 Å². The van der Waals surface area contributed by atoms with Crippen molar-refractivity contribution >= 4 is 23.2 Å². The summed E-state index contributed by atoms with van der Waals surface area (Å²) >= 11 is 0. The van der Waals surface area contributed by atoms with Gasteiger partial charge < -0.3 is 4.90 Å². The number of hydrogen-bond donors (Lipinski definition) is 0. The Balaban J connectivity index is 1.35. The summed E-state index contributed by atoms with van der Waals surface area (Å²) in [5.41, 5.74) is 3.13. The van der Waals surface area contributed by atoms with E-state index in [0.29, 0.717) is 12.1 Å². The van der Waals surface area contributed by atoms with Gasteiger partial charge in [-0.25, -0.2) is 0 Å². The summed E-state index contributed by atoms with van der Waals surface area (Å²) in [5, 5.41) is 0. The standard InChI is InChI=1S/C29H26N2O2/c32-28-24-18-10-17-23(26(24)29(33)31(28)22-15-8-3-9-16-22)25-19-30(21-13-6-2-7-14-21)27(25)20-11-4-1-5-12-20/h1-17,23-27H,18-19H2/t23-,24+,25-,26-,27-/m0/s1. The molecule has 0 aromatic heterocycles. The number of benzene rings is 3. The fourth-order valence-electron chi connectivity index (χ4n) is 6.00. The normalized spacial score (nSPS) is 28.5. The minimum Gasteiger partial charge on any atom is -0.364 e. The molecule has 2 amide bonds. The molecule has 2 saturated heterocycles. The van der Waals surface area contributed by atoms with Crippen LogP contribution in [-0.2, 0) is 9.59 Å². The fourth-order valence-corrected chi connectivity index (χ4v) is 6.00. The van der Waals surface area contributed by atoms with Gasteiger partial charge in [0.25, 0.3) is 0 Å². The molecule has 2 aliphatic heterocycles. The van der Waals surface area contributed by atoms with Crippen molar-refractivity contribution in [2.75, 3.05) is 16.3 Å². The molecule has 0 radical (unpaired) electrons. The van der Waals surface area contributed by atoms with Gasteiger partial charge in [0.2, 0.25) is 11.8 Å². The van der Waals surface area contributed by atoms with E-state index in [0.717, 1.165) is 6.54 Å². The van der Waals surface area contributed by atoms with Crippen molar-refractivity contribution in [1.29, 1.82) is 0 Å². The first kappa shape index (κ1) is 20.0. The predicted molar refractivity (Wildman–Crippen MR) is 130 cm³/mol. The predicted octanol–water partition coefficient (Wildman–Crippen LogP) is 5.25. The molecular weight excluding hydrogens is 408 g/mol. The maximum absolute atomic E-state index is 13.7. The van der Waals surface area contributed by atoms with Gasteiger partial charge in [-0.15, -0.1) is 0 Å². The molecule has 0 saturated carbocycles. The zero-order valence-corrected chi connectivity index (χ0v) is 18.3. The van der Waals surface area contributed by atoms with Gasteiger partial charge in [0.15, 0.2) is 0 Å². The van der Waals surface area contributed by atoms with Crippen molar-refractivity contribution in [2.45, 2.75) is 12.5 Å². The molecule has 3 aromatic rings. The Hall–Kier alpha value is -3.66. The third-order valence-electron chi connectivity index (χ3n) is 7.53. The number of fused-ring (bicyclic) bond motifs is 1. The zero-order valence-electron chi connectivity index (χ0n) is 18.3. The zero-order chi connectivity index (χ0) is 22.4. The molecule has 0 bridgehead atoms. The number of allylic oxidation sites excluding steroid dienone is 2. The van der Waals surface area contributed by atoms with Crippen LogP contribution in [0.4, 0.5) is 11.4 Å². The Morgan fingerprint density at radius 3 is 1.97 bits per heavy atom. The Morgan fingerprint density at radius 1 is 0.697 bits per heavy atom. The van der Waals surface area contributed by atoms with Crippen molar-refractivity contribution in [3.63, 3.8) is 0 Å². The highest BCUT2D eigenvalue weighted by molar-refractivity contribution is 6.22. The maximum Gasteiger partial charge on any atom is 0.238 e. The van der Waals surface area contributed by atoms with Crippen LogP contribution in [-0.4, -0.2) is 18.4 Å². The molecule has 5 atom stereocenters. The van der Waals surface area contributed by atoms with Crippen LogP contribution < -0.4 is 9.80 Å². The van der Waals surface area contributed by atoms with Gasteiger partial charge in [0, 0.05) is 18.2 Å². The Labute approximate surface area is 194 Å². The summed E-state index contributed by atoms with van der Waals surface area (Å²) < 4.78 is 0. The van der Waals surface area contributed by atoms with Crippen molar-refractivity contribution < 1.29 is 9.59 Å². The first-order chi connectivity index (χ1) is 16.2. The third-order valence-corrected chi connectivity index (χ3v) is 7.53. The number of amides is 2. The summed E-state index contributed by atoms with van der Waals surface area (Å²) in [6.07, 6.45) is 4.97. The van der Waals surface area contributed by atoms with Gasteiger partial charge >= 0.3 is 0 Å². The minimum absolute atomic E-state index is 0.0408. The molecule has 0 N–H and O–H groups in total. The number of rotatable bonds is 4. The van der Waals surface area contributed by atoms with Crippen molar-refractivity contribution in [1.82, 2.24) is 0 Å². The van der Waals surface area contributed by atoms with E-state index in [-0.39, 0.29) is 41.5 Å². The number of imide groups is 1. The molecule has 2 fully saturated rings. The summed E-state index contributed by atoms with van der Waals surface area (Å²) in [5.74, 6) is -0.355. The quantitative estimate of drug-likeness (QED) is 0.416. The summed E-state index contributed by atoms with van der Waals surface area (Å²) in [7, 11) is 0. The number of hydrogen-bond acceptors (Lipinski definition) is 3.